The zero-order valence-corrected chi connectivity index (χ0v) is 8.68. The van der Waals surface area contributed by atoms with Gasteiger partial charge in [0.2, 0.25) is 0 Å². The summed E-state index contributed by atoms with van der Waals surface area (Å²) in [5, 5.41) is 0. The highest BCUT2D eigenvalue weighted by atomic mass is 32.2. The van der Waals surface area contributed by atoms with Gasteiger partial charge < -0.3 is 0 Å². The standard InChI is InChI=1S/C12H11NS/c1-3-7-11-9(5-1)13-10-6-2-4-8-12(10)14-11/h1,3,5,7-8H,2,4,6H2. The molecule has 14 heavy (non-hydrogen) atoms. The van der Waals surface area contributed by atoms with Gasteiger partial charge in [0.15, 0.2) is 0 Å². The largest absolute Gasteiger partial charge is 0.251 e. The van der Waals surface area contributed by atoms with Gasteiger partial charge in [0.25, 0.3) is 0 Å². The summed E-state index contributed by atoms with van der Waals surface area (Å²) in [6.07, 6.45) is 5.94. The molecule has 1 aromatic rings. The first-order chi connectivity index (χ1) is 6.93. The van der Waals surface area contributed by atoms with Gasteiger partial charge in [-0.25, -0.2) is 0 Å². The van der Waals surface area contributed by atoms with Crippen molar-refractivity contribution in [2.24, 2.45) is 4.99 Å². The molecule has 0 fully saturated rings. The summed E-state index contributed by atoms with van der Waals surface area (Å²) in [6.45, 7) is 0. The third-order valence-corrected chi connectivity index (χ3v) is 3.76. The topological polar surface area (TPSA) is 12.4 Å². The molecular formula is C12H11NS. The lowest BCUT2D eigenvalue weighted by Gasteiger charge is -2.20. The molecular weight excluding hydrogens is 190 g/mol. The minimum Gasteiger partial charge on any atom is -0.251 e. The summed E-state index contributed by atoms with van der Waals surface area (Å²) in [5.74, 6) is 0. The summed E-state index contributed by atoms with van der Waals surface area (Å²) in [7, 11) is 0. The predicted octanol–water partition coefficient (Wildman–Crippen LogP) is 3.93. The Balaban J connectivity index is 2.13. The Labute approximate surface area is 87.9 Å². The van der Waals surface area contributed by atoms with Crippen molar-refractivity contribution in [2.75, 3.05) is 0 Å². The second-order valence-electron chi connectivity index (χ2n) is 3.59. The fourth-order valence-corrected chi connectivity index (χ4v) is 2.92. The molecule has 0 bridgehead atoms. The molecule has 1 aliphatic carbocycles. The van der Waals surface area contributed by atoms with E-state index >= 15 is 0 Å². The van der Waals surface area contributed by atoms with Gasteiger partial charge in [-0.15, -0.1) is 0 Å². The van der Waals surface area contributed by atoms with E-state index in [0.717, 1.165) is 12.1 Å². The highest BCUT2D eigenvalue weighted by molar-refractivity contribution is 8.04. The van der Waals surface area contributed by atoms with Crippen molar-refractivity contribution in [1.82, 2.24) is 0 Å². The quantitative estimate of drug-likeness (QED) is 0.619. The number of para-hydroxylation sites is 1. The predicted molar refractivity (Wildman–Crippen MR) is 61.3 cm³/mol. The molecule has 0 saturated heterocycles. The van der Waals surface area contributed by atoms with E-state index in [1.807, 2.05) is 11.8 Å². The van der Waals surface area contributed by atoms with Crippen molar-refractivity contribution in [1.29, 1.82) is 0 Å². The highest BCUT2D eigenvalue weighted by Crippen LogP contribution is 2.42. The Morgan fingerprint density at radius 3 is 3.14 bits per heavy atom. The van der Waals surface area contributed by atoms with Crippen LogP contribution >= 0.6 is 11.8 Å². The summed E-state index contributed by atoms with van der Waals surface area (Å²) in [4.78, 5) is 7.37. The van der Waals surface area contributed by atoms with E-state index in [1.165, 1.54) is 28.4 Å². The number of thioether (sulfide) groups is 1. The fraction of sp³-hybridized carbons (Fsp3) is 0.250. The minimum absolute atomic E-state index is 1.14. The van der Waals surface area contributed by atoms with Crippen LogP contribution in [0.4, 0.5) is 5.69 Å². The molecule has 1 nitrogen and oxygen atoms in total. The Hall–Kier alpha value is -1.02. The molecule has 0 amide bonds. The number of allylic oxidation sites excluding steroid dienone is 2. The molecule has 2 heteroatoms. The van der Waals surface area contributed by atoms with Crippen LogP contribution in [0.3, 0.4) is 0 Å². The molecule has 0 saturated carbocycles. The first-order valence-corrected chi connectivity index (χ1v) is 5.80. The van der Waals surface area contributed by atoms with Crippen LogP contribution in [0.5, 0.6) is 0 Å². The van der Waals surface area contributed by atoms with Gasteiger partial charge >= 0.3 is 0 Å². The number of hydrogen-bond donors (Lipinski definition) is 0. The van der Waals surface area contributed by atoms with Gasteiger partial charge in [-0.3, -0.25) is 4.99 Å². The molecule has 0 atom stereocenters. The molecule has 0 N–H and O–H groups in total. The molecule has 0 aromatic heterocycles. The number of hydrogen-bond acceptors (Lipinski definition) is 2. The van der Waals surface area contributed by atoms with E-state index in [9.17, 15) is 0 Å². The number of benzene rings is 1. The molecule has 0 spiro atoms. The lowest BCUT2D eigenvalue weighted by atomic mass is 10.1. The minimum atomic E-state index is 1.14. The van der Waals surface area contributed by atoms with Gasteiger partial charge in [0, 0.05) is 9.80 Å². The third kappa shape index (κ3) is 1.30. The van der Waals surface area contributed by atoms with Crippen molar-refractivity contribution in [3.8, 4) is 0 Å². The van der Waals surface area contributed by atoms with Crippen LogP contribution < -0.4 is 0 Å². The van der Waals surface area contributed by atoms with Gasteiger partial charge in [0.1, 0.15) is 0 Å². The van der Waals surface area contributed by atoms with Crippen molar-refractivity contribution in [2.45, 2.75) is 24.2 Å². The maximum Gasteiger partial charge on any atom is 0.0772 e. The van der Waals surface area contributed by atoms with E-state index in [-0.39, 0.29) is 0 Å². The summed E-state index contributed by atoms with van der Waals surface area (Å²) in [5.41, 5.74) is 2.44. The molecule has 0 radical (unpaired) electrons. The van der Waals surface area contributed by atoms with Crippen molar-refractivity contribution in [3.63, 3.8) is 0 Å². The van der Waals surface area contributed by atoms with Crippen LogP contribution in [0.1, 0.15) is 19.3 Å². The van der Waals surface area contributed by atoms with E-state index < -0.39 is 0 Å². The monoisotopic (exact) mass is 201 g/mol. The Morgan fingerprint density at radius 1 is 1.21 bits per heavy atom. The number of aliphatic imine (C=N–C) groups is 1. The van der Waals surface area contributed by atoms with Crippen LogP contribution in [-0.4, -0.2) is 5.71 Å². The van der Waals surface area contributed by atoms with Crippen LogP contribution in [0.15, 0.2) is 45.1 Å². The number of fused-ring (bicyclic) bond motifs is 2. The van der Waals surface area contributed by atoms with E-state index in [4.69, 9.17) is 4.99 Å². The smallest absolute Gasteiger partial charge is 0.0772 e. The second kappa shape index (κ2) is 3.28. The Bertz CT molecular complexity index is 432. The Kier molecular flexibility index (Phi) is 1.95. The van der Waals surface area contributed by atoms with Gasteiger partial charge in [-0.2, -0.15) is 0 Å². The summed E-state index contributed by atoms with van der Waals surface area (Å²) < 4.78 is 0. The molecule has 2 aliphatic rings. The van der Waals surface area contributed by atoms with Gasteiger partial charge in [0.05, 0.1) is 11.4 Å². The van der Waals surface area contributed by atoms with Gasteiger partial charge in [-0.1, -0.05) is 30.0 Å². The molecule has 1 heterocycles. The van der Waals surface area contributed by atoms with Crippen LogP contribution in [0, 0.1) is 0 Å². The lowest BCUT2D eigenvalue weighted by molar-refractivity contribution is 0.875. The van der Waals surface area contributed by atoms with Crippen LogP contribution in [0.25, 0.3) is 0 Å². The second-order valence-corrected chi connectivity index (χ2v) is 4.67. The zero-order valence-electron chi connectivity index (χ0n) is 7.86. The van der Waals surface area contributed by atoms with E-state index in [1.54, 1.807) is 0 Å². The van der Waals surface area contributed by atoms with E-state index in [2.05, 4.69) is 30.3 Å². The van der Waals surface area contributed by atoms with Crippen molar-refractivity contribution >= 4 is 23.2 Å². The SMILES string of the molecule is C1=C2Sc3ccccc3N=C2CCC1. The number of nitrogens with zero attached hydrogens (tertiary/aromatic N) is 1. The summed E-state index contributed by atoms with van der Waals surface area (Å²) >= 11 is 1.87. The summed E-state index contributed by atoms with van der Waals surface area (Å²) in [6, 6.07) is 8.38. The van der Waals surface area contributed by atoms with Gasteiger partial charge in [-0.05, 0) is 31.4 Å². The fourth-order valence-electron chi connectivity index (χ4n) is 1.85. The third-order valence-electron chi connectivity index (χ3n) is 2.57. The average molecular weight is 201 g/mol. The number of rotatable bonds is 0. The molecule has 3 rings (SSSR count). The Morgan fingerprint density at radius 2 is 2.14 bits per heavy atom. The average Bonchev–Trinajstić information content (AvgIpc) is 2.26. The molecule has 70 valence electrons. The van der Waals surface area contributed by atoms with Crippen LogP contribution in [0.2, 0.25) is 0 Å². The molecule has 1 aliphatic heterocycles. The first kappa shape index (κ1) is 8.30. The lowest BCUT2D eigenvalue weighted by Crippen LogP contribution is -2.07. The van der Waals surface area contributed by atoms with E-state index in [0.29, 0.717) is 0 Å². The molecule has 0 unspecified atom stereocenters. The van der Waals surface area contributed by atoms with Crippen molar-refractivity contribution in [3.05, 3.63) is 35.2 Å². The zero-order chi connectivity index (χ0) is 9.38. The highest BCUT2D eigenvalue weighted by Gasteiger charge is 2.19. The first-order valence-electron chi connectivity index (χ1n) is 4.98. The molecule has 1 aromatic carbocycles. The maximum absolute atomic E-state index is 4.69. The maximum atomic E-state index is 4.69. The van der Waals surface area contributed by atoms with Crippen molar-refractivity contribution < 1.29 is 0 Å². The van der Waals surface area contributed by atoms with Crippen LogP contribution in [-0.2, 0) is 0 Å². The normalized spacial score (nSPS) is 19.1.